The molecule has 0 bridgehead atoms. The van der Waals surface area contributed by atoms with Crippen LogP contribution in [0.1, 0.15) is 17.3 Å². The number of halogens is 1. The third-order valence-corrected chi connectivity index (χ3v) is 3.23. The van der Waals surface area contributed by atoms with Gasteiger partial charge in [-0.1, -0.05) is 30.3 Å². The Kier molecular flexibility index (Phi) is 6.22. The van der Waals surface area contributed by atoms with Crippen molar-refractivity contribution in [3.05, 3.63) is 66.0 Å². The van der Waals surface area contributed by atoms with Gasteiger partial charge in [0.15, 0.2) is 6.61 Å². The molecule has 0 spiro atoms. The molecule has 0 aliphatic heterocycles. The summed E-state index contributed by atoms with van der Waals surface area (Å²) in [7, 11) is 0. The third-order valence-electron chi connectivity index (χ3n) is 3.23. The van der Waals surface area contributed by atoms with Gasteiger partial charge in [0.1, 0.15) is 11.9 Å². The molecule has 2 aromatic carbocycles. The van der Waals surface area contributed by atoms with Crippen molar-refractivity contribution in [1.29, 1.82) is 0 Å². The van der Waals surface area contributed by atoms with Crippen LogP contribution in [0, 0.1) is 5.82 Å². The fraction of sp³-hybridized carbons (Fsp3) is 0.167. The van der Waals surface area contributed by atoms with E-state index in [-0.39, 0.29) is 5.69 Å². The van der Waals surface area contributed by atoms with Crippen LogP contribution in [0.2, 0.25) is 0 Å². The van der Waals surface area contributed by atoms with Crippen LogP contribution in [-0.2, 0) is 14.3 Å². The molecule has 0 unspecified atom stereocenters. The number of hydrogen-bond donors (Lipinski definition) is 2. The molecule has 0 saturated carbocycles. The van der Waals surface area contributed by atoms with Gasteiger partial charge in [-0.2, -0.15) is 0 Å². The summed E-state index contributed by atoms with van der Waals surface area (Å²) in [4.78, 5) is 35.5. The Hall–Kier alpha value is -3.22. The summed E-state index contributed by atoms with van der Waals surface area (Å²) in [5.74, 6) is -2.47. The Morgan fingerprint density at radius 2 is 1.68 bits per heavy atom. The van der Waals surface area contributed by atoms with E-state index in [1.807, 2.05) is 0 Å². The van der Waals surface area contributed by atoms with Gasteiger partial charge < -0.3 is 15.4 Å². The van der Waals surface area contributed by atoms with Crippen molar-refractivity contribution in [1.82, 2.24) is 5.32 Å². The minimum atomic E-state index is -0.936. The second-order valence-corrected chi connectivity index (χ2v) is 5.20. The van der Waals surface area contributed by atoms with E-state index >= 15 is 0 Å². The van der Waals surface area contributed by atoms with Crippen LogP contribution in [-0.4, -0.2) is 30.4 Å². The first-order valence-electron chi connectivity index (χ1n) is 7.54. The zero-order valence-corrected chi connectivity index (χ0v) is 13.5. The molecule has 0 saturated heterocycles. The van der Waals surface area contributed by atoms with E-state index in [0.717, 1.165) is 0 Å². The summed E-state index contributed by atoms with van der Waals surface area (Å²) >= 11 is 0. The lowest BCUT2D eigenvalue weighted by Gasteiger charge is -2.13. The molecular formula is C18H17FN2O4. The normalized spacial score (nSPS) is 11.3. The SMILES string of the molecule is C[C@H](NC(=O)c1ccccc1)C(=O)OCC(=O)Nc1ccccc1F. The highest BCUT2D eigenvalue weighted by Crippen LogP contribution is 2.12. The number of ether oxygens (including phenoxy) is 1. The quantitative estimate of drug-likeness (QED) is 0.786. The van der Waals surface area contributed by atoms with E-state index in [2.05, 4.69) is 10.6 Å². The van der Waals surface area contributed by atoms with Crippen LogP contribution in [0.3, 0.4) is 0 Å². The molecule has 0 aliphatic rings. The lowest BCUT2D eigenvalue weighted by molar-refractivity contribution is -0.148. The highest BCUT2D eigenvalue weighted by atomic mass is 19.1. The second-order valence-electron chi connectivity index (χ2n) is 5.20. The third kappa shape index (κ3) is 5.42. The Labute approximate surface area is 144 Å². The molecule has 1 atom stereocenters. The van der Waals surface area contributed by atoms with Crippen molar-refractivity contribution in [3.8, 4) is 0 Å². The number of rotatable bonds is 6. The minimum absolute atomic E-state index is 0.00558. The number of carbonyl (C=O) groups excluding carboxylic acids is 3. The molecule has 25 heavy (non-hydrogen) atoms. The first kappa shape index (κ1) is 18.1. The monoisotopic (exact) mass is 344 g/mol. The zero-order chi connectivity index (χ0) is 18.2. The van der Waals surface area contributed by atoms with Crippen LogP contribution in [0.4, 0.5) is 10.1 Å². The van der Waals surface area contributed by atoms with Gasteiger partial charge in [-0.05, 0) is 31.2 Å². The number of benzene rings is 2. The Morgan fingerprint density at radius 3 is 2.36 bits per heavy atom. The maximum atomic E-state index is 13.4. The van der Waals surface area contributed by atoms with Crippen LogP contribution in [0.5, 0.6) is 0 Å². The van der Waals surface area contributed by atoms with E-state index < -0.39 is 36.2 Å². The minimum Gasteiger partial charge on any atom is -0.454 e. The number of hydrogen-bond acceptors (Lipinski definition) is 4. The summed E-state index contributed by atoms with van der Waals surface area (Å²) in [6, 6.07) is 13.1. The number of esters is 1. The fourth-order valence-corrected chi connectivity index (χ4v) is 1.94. The Balaban J connectivity index is 1.80. The van der Waals surface area contributed by atoms with E-state index in [1.165, 1.54) is 25.1 Å². The highest BCUT2D eigenvalue weighted by molar-refractivity contribution is 5.97. The van der Waals surface area contributed by atoms with Gasteiger partial charge in [0.2, 0.25) is 0 Å². The molecule has 130 valence electrons. The Bertz CT molecular complexity index is 765. The zero-order valence-electron chi connectivity index (χ0n) is 13.5. The number of carbonyl (C=O) groups is 3. The average Bonchev–Trinajstić information content (AvgIpc) is 2.62. The molecule has 0 fully saturated rings. The molecule has 7 heteroatoms. The van der Waals surface area contributed by atoms with Crippen molar-refractivity contribution in [2.24, 2.45) is 0 Å². The Morgan fingerprint density at radius 1 is 1.04 bits per heavy atom. The second kappa shape index (κ2) is 8.58. The number of amides is 2. The smallest absolute Gasteiger partial charge is 0.328 e. The summed E-state index contributed by atoms with van der Waals surface area (Å²) < 4.78 is 18.2. The van der Waals surface area contributed by atoms with Crippen LogP contribution >= 0.6 is 0 Å². The lowest BCUT2D eigenvalue weighted by atomic mass is 10.2. The molecule has 0 aromatic heterocycles. The van der Waals surface area contributed by atoms with Gasteiger partial charge in [0.25, 0.3) is 11.8 Å². The molecule has 2 aromatic rings. The lowest BCUT2D eigenvalue weighted by Crippen LogP contribution is -2.40. The molecule has 2 amide bonds. The molecule has 0 heterocycles. The van der Waals surface area contributed by atoms with E-state index in [4.69, 9.17) is 4.74 Å². The standard InChI is InChI=1S/C18H17FN2O4/c1-12(20-17(23)13-7-3-2-4-8-13)18(24)25-11-16(22)21-15-10-6-5-9-14(15)19/h2-10,12H,11H2,1H3,(H,20,23)(H,21,22)/t12-/m0/s1. The van der Waals surface area contributed by atoms with E-state index in [1.54, 1.807) is 36.4 Å². The molecule has 2 rings (SSSR count). The highest BCUT2D eigenvalue weighted by Gasteiger charge is 2.19. The fourth-order valence-electron chi connectivity index (χ4n) is 1.94. The summed E-state index contributed by atoms with van der Waals surface area (Å²) in [5.41, 5.74) is 0.397. The van der Waals surface area contributed by atoms with E-state index in [9.17, 15) is 18.8 Å². The number of anilines is 1. The van der Waals surface area contributed by atoms with Gasteiger partial charge in [-0.15, -0.1) is 0 Å². The average molecular weight is 344 g/mol. The summed E-state index contributed by atoms with van der Waals surface area (Å²) in [6.45, 7) is 0.858. The molecule has 0 aliphatic carbocycles. The van der Waals surface area contributed by atoms with Crippen molar-refractivity contribution in [2.45, 2.75) is 13.0 Å². The molecule has 2 N–H and O–H groups in total. The molecule has 0 radical (unpaired) electrons. The number of nitrogens with one attached hydrogen (secondary N) is 2. The largest absolute Gasteiger partial charge is 0.454 e. The van der Waals surface area contributed by atoms with Crippen LogP contribution in [0.25, 0.3) is 0 Å². The van der Waals surface area contributed by atoms with Gasteiger partial charge in [0, 0.05) is 5.56 Å². The summed E-state index contributed by atoms with van der Waals surface area (Å²) in [6.07, 6.45) is 0. The van der Waals surface area contributed by atoms with Gasteiger partial charge in [-0.3, -0.25) is 9.59 Å². The predicted octanol–water partition coefficient (Wildman–Crippen LogP) is 2.13. The maximum Gasteiger partial charge on any atom is 0.328 e. The first-order valence-corrected chi connectivity index (χ1v) is 7.54. The van der Waals surface area contributed by atoms with Crippen molar-refractivity contribution in [2.75, 3.05) is 11.9 Å². The molecule has 6 nitrogen and oxygen atoms in total. The van der Waals surface area contributed by atoms with Gasteiger partial charge in [-0.25, -0.2) is 9.18 Å². The van der Waals surface area contributed by atoms with Crippen molar-refractivity contribution < 1.29 is 23.5 Å². The van der Waals surface area contributed by atoms with Gasteiger partial charge >= 0.3 is 5.97 Å². The van der Waals surface area contributed by atoms with Gasteiger partial charge in [0.05, 0.1) is 5.69 Å². The van der Waals surface area contributed by atoms with Crippen LogP contribution < -0.4 is 10.6 Å². The maximum absolute atomic E-state index is 13.4. The van der Waals surface area contributed by atoms with E-state index in [0.29, 0.717) is 5.56 Å². The first-order chi connectivity index (χ1) is 12.0. The molecular weight excluding hydrogens is 327 g/mol. The van der Waals surface area contributed by atoms with Crippen molar-refractivity contribution >= 4 is 23.5 Å². The van der Waals surface area contributed by atoms with Crippen molar-refractivity contribution in [3.63, 3.8) is 0 Å². The summed E-state index contributed by atoms with van der Waals surface area (Å²) in [5, 5.41) is 4.77. The number of para-hydroxylation sites is 1. The van der Waals surface area contributed by atoms with Crippen LogP contribution in [0.15, 0.2) is 54.6 Å². The topological polar surface area (TPSA) is 84.5 Å². The predicted molar refractivity (Wildman–Crippen MR) is 89.4 cm³/mol.